The Morgan fingerprint density at radius 2 is 0.438 bits per heavy atom. The zero-order chi connectivity index (χ0) is 50.5. The molecule has 4 nitrogen and oxygen atoms in total. The van der Waals surface area contributed by atoms with Crippen LogP contribution in [0.15, 0.2) is 237 Å². The van der Waals surface area contributed by atoms with Gasteiger partial charge in [0.2, 0.25) is 0 Å². The molecule has 3 atom stereocenters. The molecule has 0 heterocycles. The molecule has 73 heavy (non-hydrogen) atoms. The van der Waals surface area contributed by atoms with E-state index in [2.05, 4.69) is 298 Å². The van der Waals surface area contributed by atoms with Crippen LogP contribution in [-0.2, 0) is 19.6 Å². The topological polar surface area (TPSA) is 13.0 Å². The molecule has 0 aliphatic rings. The minimum atomic E-state index is 0.244. The Bertz CT molecular complexity index is 2710. The zero-order valence-electron chi connectivity index (χ0n) is 43.8. The second kappa shape index (κ2) is 24.1. The lowest BCUT2D eigenvalue weighted by molar-refractivity contribution is 0.830. The van der Waals surface area contributed by atoms with Crippen molar-refractivity contribution in [3.63, 3.8) is 0 Å². The van der Waals surface area contributed by atoms with E-state index in [0.29, 0.717) is 0 Å². The predicted octanol–water partition coefficient (Wildman–Crippen LogP) is 17.7. The molecule has 0 saturated carbocycles. The third kappa shape index (κ3) is 12.3. The minimum Gasteiger partial charge on any atom is -0.367 e. The van der Waals surface area contributed by atoms with Crippen molar-refractivity contribution in [1.82, 2.24) is 0 Å². The van der Waals surface area contributed by atoms with E-state index in [9.17, 15) is 0 Å². The van der Waals surface area contributed by atoms with E-state index in [0.717, 1.165) is 56.3 Å². The average Bonchev–Trinajstić information content (AvgIpc) is 3.46. The van der Waals surface area contributed by atoms with Crippen molar-refractivity contribution in [3.8, 4) is 0 Å². The molecule has 368 valence electrons. The summed E-state index contributed by atoms with van der Waals surface area (Å²) in [6.45, 7) is 19.2. The van der Waals surface area contributed by atoms with Crippen molar-refractivity contribution >= 4 is 34.1 Å². The van der Waals surface area contributed by atoms with Crippen LogP contribution in [0.3, 0.4) is 0 Å². The Kier molecular flexibility index (Phi) is 16.5. The van der Waals surface area contributed by atoms with Crippen LogP contribution in [0.5, 0.6) is 0 Å². The van der Waals surface area contributed by atoms with E-state index < -0.39 is 0 Å². The molecule has 0 fully saturated rings. The van der Waals surface area contributed by atoms with Crippen LogP contribution in [-0.4, -0.2) is 19.6 Å². The van der Waals surface area contributed by atoms with Crippen LogP contribution in [0.4, 0.5) is 34.1 Å². The summed E-state index contributed by atoms with van der Waals surface area (Å²) in [6, 6.07) is 87.4. The summed E-state index contributed by atoms with van der Waals surface area (Å²) in [7, 11) is 0. The molecule has 0 radical (unpaired) electrons. The number of rotatable bonds is 21. The van der Waals surface area contributed by atoms with Crippen LogP contribution in [0.1, 0.15) is 109 Å². The Morgan fingerprint density at radius 1 is 0.247 bits per heavy atom. The smallest absolute Gasteiger partial charge is 0.0461 e. The fraction of sp³-hybridized carbons (Fsp3) is 0.217. The van der Waals surface area contributed by atoms with Gasteiger partial charge in [-0.25, -0.2) is 0 Å². The van der Waals surface area contributed by atoms with Crippen LogP contribution in [0.25, 0.3) is 0 Å². The summed E-state index contributed by atoms with van der Waals surface area (Å²) in [6.07, 6.45) is 0. The Morgan fingerprint density at radius 3 is 0.630 bits per heavy atom. The van der Waals surface area contributed by atoms with Crippen LogP contribution in [0, 0.1) is 0 Å². The van der Waals surface area contributed by atoms with Gasteiger partial charge in [-0.15, -0.1) is 0 Å². The molecule has 3 unspecified atom stereocenters. The second-order valence-corrected chi connectivity index (χ2v) is 19.5. The monoisotopic (exact) mass is 957 g/mol. The van der Waals surface area contributed by atoms with Crippen LogP contribution < -0.4 is 19.6 Å². The Balaban J connectivity index is 0.950. The van der Waals surface area contributed by atoms with Gasteiger partial charge in [-0.05, 0) is 144 Å². The Hall–Kier alpha value is -7.82. The summed E-state index contributed by atoms with van der Waals surface area (Å²) in [5.41, 5.74) is 18.9. The van der Waals surface area contributed by atoms with E-state index >= 15 is 0 Å². The summed E-state index contributed by atoms with van der Waals surface area (Å²) >= 11 is 0. The SMILES string of the molecule is CCN(Cc1ccccc1)c1ccc(C(C)c2ccc(N(c3ccc(C(C)c4ccc(N(CC)Cc5ccccc5)cc4)cc3)c3ccc(C(C)c4ccc(N(CC)Cc5ccccc5)cc4)cc3)cc2)cc1. The van der Waals surface area contributed by atoms with Gasteiger partial charge in [0, 0.05) is 91.1 Å². The normalized spacial score (nSPS) is 12.4. The molecular formula is C69H72N4. The van der Waals surface area contributed by atoms with E-state index in [1.165, 1.54) is 67.1 Å². The standard InChI is InChI=1S/C69H72N4/c1-7-70(49-55-19-13-10-14-20-55)64-37-25-58(26-38-64)52(4)61-31-43-67(44-32-61)73(68-45-33-62(34-46-68)53(5)59-27-39-65(40-28-59)71(8-2)50-56-21-15-11-16-22-56)69-47-35-63(36-48-69)54(6)60-29-41-66(42-30-60)72(9-3)51-57-23-17-12-18-24-57/h10-48,52-54H,7-9,49-51H2,1-6H3. The summed E-state index contributed by atoms with van der Waals surface area (Å²) in [4.78, 5) is 9.71. The summed E-state index contributed by atoms with van der Waals surface area (Å²) in [5.74, 6) is 0.731. The highest BCUT2D eigenvalue weighted by molar-refractivity contribution is 5.77. The van der Waals surface area contributed by atoms with Crippen LogP contribution >= 0.6 is 0 Å². The van der Waals surface area contributed by atoms with E-state index in [1.807, 2.05) is 0 Å². The molecule has 0 amide bonds. The first kappa shape index (κ1) is 50.1. The van der Waals surface area contributed by atoms with Crippen molar-refractivity contribution in [1.29, 1.82) is 0 Å². The lowest BCUT2D eigenvalue weighted by atomic mass is 9.92. The van der Waals surface area contributed by atoms with Gasteiger partial charge in [-0.2, -0.15) is 0 Å². The highest BCUT2D eigenvalue weighted by Gasteiger charge is 2.19. The van der Waals surface area contributed by atoms with E-state index in [1.54, 1.807) is 0 Å². The molecule has 0 spiro atoms. The predicted molar refractivity (Wildman–Crippen MR) is 313 cm³/mol. The molecule has 0 saturated heterocycles. The molecule has 9 aromatic carbocycles. The third-order valence-corrected chi connectivity index (χ3v) is 15.0. The van der Waals surface area contributed by atoms with Gasteiger partial charge in [0.05, 0.1) is 0 Å². The lowest BCUT2D eigenvalue weighted by Crippen LogP contribution is -2.21. The summed E-state index contributed by atoms with van der Waals surface area (Å²) < 4.78 is 0. The minimum absolute atomic E-state index is 0.244. The second-order valence-electron chi connectivity index (χ2n) is 19.5. The molecule has 0 aliphatic carbocycles. The van der Waals surface area contributed by atoms with Crippen molar-refractivity contribution in [2.24, 2.45) is 0 Å². The van der Waals surface area contributed by atoms with Gasteiger partial charge in [-0.3, -0.25) is 0 Å². The largest absolute Gasteiger partial charge is 0.367 e. The molecular weight excluding hydrogens is 885 g/mol. The van der Waals surface area contributed by atoms with Crippen molar-refractivity contribution < 1.29 is 0 Å². The first-order chi connectivity index (χ1) is 35.8. The van der Waals surface area contributed by atoms with Gasteiger partial charge >= 0.3 is 0 Å². The highest BCUT2D eigenvalue weighted by Crippen LogP contribution is 2.39. The molecule has 0 bridgehead atoms. The number of hydrogen-bond donors (Lipinski definition) is 0. The molecule has 9 aromatic rings. The van der Waals surface area contributed by atoms with Crippen molar-refractivity contribution in [2.75, 3.05) is 39.2 Å². The maximum Gasteiger partial charge on any atom is 0.0461 e. The highest BCUT2D eigenvalue weighted by atomic mass is 15.1. The Labute approximate surface area is 436 Å². The fourth-order valence-corrected chi connectivity index (χ4v) is 10.3. The molecule has 0 aliphatic heterocycles. The van der Waals surface area contributed by atoms with Crippen molar-refractivity contribution in [2.45, 2.75) is 78.9 Å². The van der Waals surface area contributed by atoms with Gasteiger partial charge in [0.15, 0.2) is 0 Å². The van der Waals surface area contributed by atoms with E-state index in [4.69, 9.17) is 0 Å². The molecule has 4 heteroatoms. The van der Waals surface area contributed by atoms with Crippen molar-refractivity contribution in [3.05, 3.63) is 287 Å². The summed E-state index contributed by atoms with van der Waals surface area (Å²) in [5, 5.41) is 0. The molecule has 9 rings (SSSR count). The third-order valence-electron chi connectivity index (χ3n) is 15.0. The van der Waals surface area contributed by atoms with Gasteiger partial charge in [0.1, 0.15) is 0 Å². The number of hydrogen-bond acceptors (Lipinski definition) is 4. The maximum absolute atomic E-state index is 2.43. The quantitative estimate of drug-likeness (QED) is 0.0711. The van der Waals surface area contributed by atoms with Gasteiger partial charge in [0.25, 0.3) is 0 Å². The average molecular weight is 957 g/mol. The number of anilines is 6. The van der Waals surface area contributed by atoms with Gasteiger partial charge < -0.3 is 19.6 Å². The fourth-order valence-electron chi connectivity index (χ4n) is 10.3. The first-order valence-corrected chi connectivity index (χ1v) is 26.5. The lowest BCUT2D eigenvalue weighted by Gasteiger charge is -2.27. The van der Waals surface area contributed by atoms with E-state index in [-0.39, 0.29) is 17.8 Å². The maximum atomic E-state index is 2.43. The zero-order valence-corrected chi connectivity index (χ0v) is 43.8. The molecule has 0 aromatic heterocycles. The molecule has 0 N–H and O–H groups in total. The first-order valence-electron chi connectivity index (χ1n) is 26.5. The van der Waals surface area contributed by atoms with Gasteiger partial charge in [-0.1, -0.05) is 185 Å². The number of nitrogens with zero attached hydrogens (tertiary/aromatic N) is 4. The van der Waals surface area contributed by atoms with Crippen LogP contribution in [0.2, 0.25) is 0 Å². The number of benzene rings is 9.